The van der Waals surface area contributed by atoms with Crippen LogP contribution < -0.4 is 14.8 Å². The average molecular weight is 513 g/mol. The summed E-state index contributed by atoms with van der Waals surface area (Å²) in [6, 6.07) is 12.9. The number of nitrogens with one attached hydrogen (secondary N) is 2. The zero-order chi connectivity index (χ0) is 25.5. The topological polar surface area (TPSA) is 121 Å². The molecule has 0 saturated carbocycles. The van der Waals surface area contributed by atoms with E-state index in [4.69, 9.17) is 9.47 Å². The summed E-state index contributed by atoms with van der Waals surface area (Å²) in [5, 5.41) is 3.90. The first kappa shape index (κ1) is 24.1. The Labute approximate surface area is 209 Å². The smallest absolute Gasteiger partial charge is 0.251 e. The van der Waals surface area contributed by atoms with E-state index in [2.05, 4.69) is 10.3 Å². The van der Waals surface area contributed by atoms with E-state index in [0.29, 0.717) is 36.8 Å². The van der Waals surface area contributed by atoms with Crippen molar-refractivity contribution in [1.29, 1.82) is 0 Å². The third-order valence-electron chi connectivity index (χ3n) is 6.73. The molecule has 3 heterocycles. The first-order valence-electron chi connectivity index (χ1n) is 11.7. The summed E-state index contributed by atoms with van der Waals surface area (Å²) in [6.45, 7) is 2.25. The number of anilines is 1. The number of carbonyl (C=O) groups is 2. The van der Waals surface area contributed by atoms with Crippen LogP contribution in [-0.2, 0) is 26.0 Å². The van der Waals surface area contributed by atoms with E-state index in [0.717, 1.165) is 27.0 Å². The van der Waals surface area contributed by atoms with Crippen LogP contribution in [-0.4, -0.2) is 79.1 Å². The van der Waals surface area contributed by atoms with Gasteiger partial charge >= 0.3 is 0 Å². The van der Waals surface area contributed by atoms with Gasteiger partial charge in [-0.1, -0.05) is 18.2 Å². The van der Waals surface area contributed by atoms with Crippen molar-refractivity contribution >= 4 is 38.4 Å². The number of benzene rings is 2. The molecule has 3 aromatic rings. The molecule has 1 unspecified atom stereocenters. The molecule has 0 radical (unpaired) electrons. The van der Waals surface area contributed by atoms with Gasteiger partial charge in [-0.05, 0) is 37.1 Å². The third kappa shape index (κ3) is 4.51. The predicted molar refractivity (Wildman–Crippen MR) is 135 cm³/mol. The number of nitrogens with zero attached hydrogens (tertiary/aromatic N) is 2. The van der Waals surface area contributed by atoms with E-state index in [1.807, 2.05) is 30.5 Å². The summed E-state index contributed by atoms with van der Waals surface area (Å²) < 4.78 is 36.9. The van der Waals surface area contributed by atoms with Gasteiger partial charge in [-0.15, -0.1) is 0 Å². The SMILES string of the molecule is CC1(C(=O)Nc2ccc3c(c2)OCCO3)CN(S(C)(=O)=O)CC(=O)N1CCc1c[nH]c2ccccc12. The van der Waals surface area contributed by atoms with E-state index in [1.54, 1.807) is 25.1 Å². The van der Waals surface area contributed by atoms with Crippen molar-refractivity contribution in [2.45, 2.75) is 18.9 Å². The Morgan fingerprint density at radius 2 is 1.89 bits per heavy atom. The van der Waals surface area contributed by atoms with Gasteiger partial charge in [0, 0.05) is 41.9 Å². The van der Waals surface area contributed by atoms with Crippen LogP contribution in [0.2, 0.25) is 0 Å². The largest absolute Gasteiger partial charge is 0.486 e. The summed E-state index contributed by atoms with van der Waals surface area (Å²) in [5.41, 5.74) is 1.03. The standard InChI is InChI=1S/C25H28N4O6S/c1-25(24(31)27-18-7-8-21-22(13-18)35-12-11-34-21)16-28(36(2,32)33)15-23(30)29(25)10-9-17-14-26-20-6-4-3-5-19(17)20/h3-8,13-14,26H,9-12,15-16H2,1-2H3,(H,27,31). The summed E-state index contributed by atoms with van der Waals surface area (Å²) in [7, 11) is -3.69. The summed E-state index contributed by atoms with van der Waals surface area (Å²) in [5.74, 6) is 0.186. The molecule has 0 aliphatic carbocycles. The Morgan fingerprint density at radius 1 is 1.14 bits per heavy atom. The molecule has 2 N–H and O–H groups in total. The van der Waals surface area contributed by atoms with Crippen LogP contribution in [0.15, 0.2) is 48.7 Å². The number of ether oxygens (including phenoxy) is 2. The Bertz CT molecular complexity index is 1440. The van der Waals surface area contributed by atoms with Crippen LogP contribution in [0.4, 0.5) is 5.69 Å². The predicted octanol–water partition coefficient (Wildman–Crippen LogP) is 1.98. The summed E-state index contributed by atoms with van der Waals surface area (Å²) in [4.78, 5) is 31.6. The number of aromatic nitrogens is 1. The Balaban J connectivity index is 1.42. The second-order valence-corrected chi connectivity index (χ2v) is 11.3. The first-order valence-corrected chi connectivity index (χ1v) is 13.5. The molecule has 2 aromatic carbocycles. The highest BCUT2D eigenvalue weighted by atomic mass is 32.2. The van der Waals surface area contributed by atoms with Crippen molar-refractivity contribution in [1.82, 2.24) is 14.2 Å². The van der Waals surface area contributed by atoms with Crippen LogP contribution in [0.3, 0.4) is 0 Å². The molecule has 11 heteroatoms. The van der Waals surface area contributed by atoms with Crippen LogP contribution >= 0.6 is 0 Å². The fourth-order valence-electron chi connectivity index (χ4n) is 4.75. The van der Waals surface area contributed by atoms with E-state index >= 15 is 0 Å². The van der Waals surface area contributed by atoms with Crippen LogP contribution in [0.5, 0.6) is 11.5 Å². The van der Waals surface area contributed by atoms with Gasteiger partial charge in [0.15, 0.2) is 11.5 Å². The lowest BCUT2D eigenvalue weighted by molar-refractivity contribution is -0.150. The molecule has 10 nitrogen and oxygen atoms in total. The Hall–Kier alpha value is -3.57. The van der Waals surface area contributed by atoms with Crippen LogP contribution in [0, 0.1) is 0 Å². The molecular weight excluding hydrogens is 484 g/mol. The van der Waals surface area contributed by atoms with Crippen LogP contribution in [0.1, 0.15) is 12.5 Å². The van der Waals surface area contributed by atoms with Crippen molar-refractivity contribution in [2.75, 3.05) is 44.4 Å². The molecule has 1 aromatic heterocycles. The maximum Gasteiger partial charge on any atom is 0.251 e. The number of rotatable bonds is 6. The van der Waals surface area contributed by atoms with Gasteiger partial charge in [-0.25, -0.2) is 8.42 Å². The minimum absolute atomic E-state index is 0.151. The molecule has 1 saturated heterocycles. The van der Waals surface area contributed by atoms with E-state index in [9.17, 15) is 18.0 Å². The molecule has 190 valence electrons. The number of para-hydroxylation sites is 1. The maximum absolute atomic E-state index is 13.7. The number of H-pyrrole nitrogens is 1. The number of hydrogen-bond donors (Lipinski definition) is 2. The highest BCUT2D eigenvalue weighted by Crippen LogP contribution is 2.34. The lowest BCUT2D eigenvalue weighted by atomic mass is 9.94. The minimum Gasteiger partial charge on any atom is -0.486 e. The van der Waals surface area contributed by atoms with E-state index in [1.165, 1.54) is 4.90 Å². The fourth-order valence-corrected chi connectivity index (χ4v) is 5.58. The first-order chi connectivity index (χ1) is 17.1. The molecule has 2 amide bonds. The molecule has 2 aliphatic rings. The zero-order valence-corrected chi connectivity index (χ0v) is 20.9. The number of hydrogen-bond acceptors (Lipinski definition) is 6. The molecule has 5 rings (SSSR count). The molecule has 36 heavy (non-hydrogen) atoms. The van der Waals surface area contributed by atoms with E-state index < -0.39 is 27.4 Å². The van der Waals surface area contributed by atoms with Crippen molar-refractivity contribution < 1.29 is 27.5 Å². The van der Waals surface area contributed by atoms with Gasteiger partial charge < -0.3 is 24.7 Å². The number of fused-ring (bicyclic) bond motifs is 2. The molecule has 0 bridgehead atoms. The number of aromatic amines is 1. The molecule has 1 fully saturated rings. The number of sulfonamides is 1. The lowest BCUT2D eigenvalue weighted by Crippen LogP contribution is -2.69. The monoisotopic (exact) mass is 512 g/mol. The normalized spacial score (nSPS) is 20.5. The minimum atomic E-state index is -3.69. The molecule has 1 atom stereocenters. The number of carbonyl (C=O) groups excluding carboxylic acids is 2. The third-order valence-corrected chi connectivity index (χ3v) is 7.93. The second kappa shape index (κ2) is 9.14. The van der Waals surface area contributed by atoms with Gasteiger partial charge in [0.05, 0.1) is 12.8 Å². The second-order valence-electron chi connectivity index (χ2n) is 9.27. The number of piperazine rings is 1. The molecule has 2 aliphatic heterocycles. The quantitative estimate of drug-likeness (QED) is 0.521. The highest BCUT2D eigenvalue weighted by Gasteiger charge is 2.49. The van der Waals surface area contributed by atoms with Crippen molar-refractivity contribution in [3.05, 3.63) is 54.2 Å². The average Bonchev–Trinajstić information content (AvgIpc) is 3.26. The van der Waals surface area contributed by atoms with Gasteiger partial charge in [0.25, 0.3) is 5.91 Å². The maximum atomic E-state index is 13.7. The molecule has 0 spiro atoms. The highest BCUT2D eigenvalue weighted by molar-refractivity contribution is 7.88. The van der Waals surface area contributed by atoms with Crippen molar-refractivity contribution in [3.63, 3.8) is 0 Å². The Kier molecular flexibility index (Phi) is 6.13. The summed E-state index contributed by atoms with van der Waals surface area (Å²) >= 11 is 0. The Morgan fingerprint density at radius 3 is 2.67 bits per heavy atom. The molecular formula is C25H28N4O6S. The lowest BCUT2D eigenvalue weighted by Gasteiger charge is -2.46. The summed E-state index contributed by atoms with van der Waals surface area (Å²) in [6.07, 6.45) is 3.44. The fraction of sp³-hybridized carbons (Fsp3) is 0.360. The van der Waals surface area contributed by atoms with Crippen LogP contribution in [0.25, 0.3) is 10.9 Å². The van der Waals surface area contributed by atoms with Crippen molar-refractivity contribution in [2.24, 2.45) is 0 Å². The zero-order valence-electron chi connectivity index (χ0n) is 20.1. The van der Waals surface area contributed by atoms with Gasteiger partial charge in [-0.3, -0.25) is 9.59 Å². The van der Waals surface area contributed by atoms with Gasteiger partial charge in [-0.2, -0.15) is 4.31 Å². The van der Waals surface area contributed by atoms with Gasteiger partial charge in [0.1, 0.15) is 18.8 Å². The van der Waals surface area contributed by atoms with Crippen molar-refractivity contribution in [3.8, 4) is 11.5 Å². The number of amides is 2. The van der Waals surface area contributed by atoms with Gasteiger partial charge in [0.2, 0.25) is 15.9 Å². The van der Waals surface area contributed by atoms with E-state index in [-0.39, 0.29) is 19.6 Å².